The van der Waals surface area contributed by atoms with Gasteiger partial charge in [-0.25, -0.2) is 0 Å². The van der Waals surface area contributed by atoms with Crippen molar-refractivity contribution in [2.75, 3.05) is 7.05 Å². The molecule has 0 radical (unpaired) electrons. The fourth-order valence-corrected chi connectivity index (χ4v) is 3.17. The Labute approximate surface area is 157 Å². The first-order chi connectivity index (χ1) is 11.9. The molecule has 1 atom stereocenters. The molecule has 0 fully saturated rings. The zero-order valence-corrected chi connectivity index (χ0v) is 16.3. The topological polar surface area (TPSA) is 49.4 Å². The van der Waals surface area contributed by atoms with Gasteiger partial charge in [-0.2, -0.15) is 0 Å². The molecule has 0 aliphatic heterocycles. The summed E-state index contributed by atoms with van der Waals surface area (Å²) in [4.78, 5) is 26.6. The molecule has 132 valence electrons. The second-order valence-electron chi connectivity index (χ2n) is 6.11. The third kappa shape index (κ3) is 5.43. The number of nitrogens with one attached hydrogen (secondary N) is 1. The molecule has 0 bridgehead atoms. The number of aryl methyl sites for hydroxylation is 1. The fourth-order valence-electron chi connectivity index (χ4n) is 2.72. The third-order valence-corrected chi connectivity index (χ3v) is 4.59. The van der Waals surface area contributed by atoms with Crippen molar-refractivity contribution in [2.45, 2.75) is 32.9 Å². The lowest BCUT2D eigenvalue weighted by Crippen LogP contribution is -2.47. The summed E-state index contributed by atoms with van der Waals surface area (Å²) in [5.41, 5.74) is 3.04. The van der Waals surface area contributed by atoms with E-state index in [1.807, 2.05) is 55.5 Å². The normalized spacial score (nSPS) is 11.7. The molecule has 4 nitrogen and oxygen atoms in total. The molecular formula is C20H23BrN2O2. The van der Waals surface area contributed by atoms with E-state index in [1.54, 1.807) is 18.9 Å². The lowest BCUT2D eigenvalue weighted by Gasteiger charge is -2.28. The number of carbonyl (C=O) groups excluding carboxylic acids is 2. The van der Waals surface area contributed by atoms with Crippen molar-refractivity contribution in [3.05, 3.63) is 69.7 Å². The molecule has 0 saturated carbocycles. The van der Waals surface area contributed by atoms with Crippen LogP contribution in [0.4, 0.5) is 0 Å². The highest BCUT2D eigenvalue weighted by molar-refractivity contribution is 9.10. The molecule has 0 aliphatic rings. The van der Waals surface area contributed by atoms with Crippen LogP contribution in [-0.2, 0) is 22.6 Å². The monoisotopic (exact) mass is 402 g/mol. The van der Waals surface area contributed by atoms with Gasteiger partial charge in [0.05, 0.1) is 6.42 Å². The summed E-state index contributed by atoms with van der Waals surface area (Å²) >= 11 is 3.45. The molecule has 25 heavy (non-hydrogen) atoms. The van der Waals surface area contributed by atoms with E-state index in [0.717, 1.165) is 21.2 Å². The van der Waals surface area contributed by atoms with Gasteiger partial charge in [0, 0.05) is 18.1 Å². The molecule has 2 amide bonds. The molecule has 0 aromatic heterocycles. The van der Waals surface area contributed by atoms with E-state index in [1.165, 1.54) is 0 Å². The Morgan fingerprint density at radius 2 is 1.80 bits per heavy atom. The Balaban J connectivity index is 2.23. The second kappa shape index (κ2) is 8.81. The van der Waals surface area contributed by atoms with Crippen molar-refractivity contribution in [1.82, 2.24) is 10.2 Å². The molecule has 0 unspecified atom stereocenters. The number of carbonyl (C=O) groups is 2. The first-order valence-corrected chi connectivity index (χ1v) is 9.01. The third-order valence-electron chi connectivity index (χ3n) is 4.09. The predicted molar refractivity (Wildman–Crippen MR) is 103 cm³/mol. The average Bonchev–Trinajstić information content (AvgIpc) is 2.58. The summed E-state index contributed by atoms with van der Waals surface area (Å²) in [6.45, 7) is 4.14. The maximum absolute atomic E-state index is 12.9. The van der Waals surface area contributed by atoms with Crippen LogP contribution in [0.25, 0.3) is 0 Å². The summed E-state index contributed by atoms with van der Waals surface area (Å²) in [7, 11) is 1.58. The second-order valence-corrected chi connectivity index (χ2v) is 7.02. The van der Waals surface area contributed by atoms with Crippen LogP contribution in [-0.4, -0.2) is 29.8 Å². The molecule has 0 saturated heterocycles. The van der Waals surface area contributed by atoms with E-state index in [0.29, 0.717) is 6.54 Å². The Kier molecular flexibility index (Phi) is 6.76. The first-order valence-electron chi connectivity index (χ1n) is 8.21. The van der Waals surface area contributed by atoms with Gasteiger partial charge >= 0.3 is 0 Å². The highest BCUT2D eigenvalue weighted by Crippen LogP contribution is 2.16. The molecule has 2 aromatic rings. The van der Waals surface area contributed by atoms with Gasteiger partial charge < -0.3 is 10.2 Å². The number of hydrogen-bond acceptors (Lipinski definition) is 2. The average molecular weight is 403 g/mol. The molecule has 0 spiro atoms. The summed E-state index contributed by atoms with van der Waals surface area (Å²) in [6.07, 6.45) is 0.275. The van der Waals surface area contributed by atoms with Crippen LogP contribution in [0, 0.1) is 6.92 Å². The highest BCUT2D eigenvalue weighted by Gasteiger charge is 2.25. The van der Waals surface area contributed by atoms with Crippen LogP contribution in [0.5, 0.6) is 0 Å². The number of amides is 2. The number of benzene rings is 2. The minimum atomic E-state index is -0.540. The van der Waals surface area contributed by atoms with Crippen molar-refractivity contribution in [3.63, 3.8) is 0 Å². The molecule has 2 rings (SSSR count). The number of rotatable bonds is 6. The van der Waals surface area contributed by atoms with Crippen LogP contribution in [0.1, 0.15) is 23.6 Å². The van der Waals surface area contributed by atoms with Gasteiger partial charge in [-0.15, -0.1) is 0 Å². The van der Waals surface area contributed by atoms with Gasteiger partial charge in [0.2, 0.25) is 11.8 Å². The lowest BCUT2D eigenvalue weighted by atomic mass is 10.1. The molecule has 0 aliphatic carbocycles. The maximum Gasteiger partial charge on any atom is 0.242 e. The van der Waals surface area contributed by atoms with Gasteiger partial charge in [-0.05, 0) is 37.1 Å². The van der Waals surface area contributed by atoms with Gasteiger partial charge in [0.25, 0.3) is 0 Å². The molecule has 1 N–H and O–H groups in total. The van der Waals surface area contributed by atoms with Crippen LogP contribution >= 0.6 is 15.9 Å². The first kappa shape index (κ1) is 19.2. The van der Waals surface area contributed by atoms with Crippen LogP contribution in [0.3, 0.4) is 0 Å². The van der Waals surface area contributed by atoms with Gasteiger partial charge in [-0.3, -0.25) is 9.59 Å². The van der Waals surface area contributed by atoms with Gasteiger partial charge in [0.1, 0.15) is 6.04 Å². The number of halogens is 1. The highest BCUT2D eigenvalue weighted by atomic mass is 79.9. The van der Waals surface area contributed by atoms with Crippen LogP contribution in [0.15, 0.2) is 53.0 Å². The molecule has 5 heteroatoms. The van der Waals surface area contributed by atoms with E-state index < -0.39 is 6.04 Å². The number of nitrogens with zero attached hydrogens (tertiary/aromatic N) is 1. The van der Waals surface area contributed by atoms with Crippen LogP contribution in [0.2, 0.25) is 0 Å². The zero-order valence-electron chi connectivity index (χ0n) is 14.8. The predicted octanol–water partition coefficient (Wildman–Crippen LogP) is 3.46. The number of hydrogen-bond donors (Lipinski definition) is 1. The smallest absolute Gasteiger partial charge is 0.242 e. The quantitative estimate of drug-likeness (QED) is 0.803. The van der Waals surface area contributed by atoms with Crippen LogP contribution < -0.4 is 5.32 Å². The standard InChI is InChI=1S/C20H23BrN2O2/c1-14-6-4-7-16(10-14)12-19(24)23(15(2)20(25)22-3)13-17-8-5-9-18(21)11-17/h4-11,15H,12-13H2,1-3H3,(H,22,25)/t15-/m1/s1. The fraction of sp³-hybridized carbons (Fsp3) is 0.300. The Hall–Kier alpha value is -2.14. The van der Waals surface area contributed by atoms with Crippen molar-refractivity contribution in [1.29, 1.82) is 0 Å². The maximum atomic E-state index is 12.9. The van der Waals surface area contributed by atoms with Crippen molar-refractivity contribution < 1.29 is 9.59 Å². The minimum absolute atomic E-state index is 0.0679. The van der Waals surface area contributed by atoms with E-state index in [9.17, 15) is 9.59 Å². The largest absolute Gasteiger partial charge is 0.357 e. The van der Waals surface area contributed by atoms with Crippen molar-refractivity contribution in [2.24, 2.45) is 0 Å². The van der Waals surface area contributed by atoms with Gasteiger partial charge in [-0.1, -0.05) is 57.9 Å². The van der Waals surface area contributed by atoms with E-state index in [2.05, 4.69) is 21.2 Å². The van der Waals surface area contributed by atoms with E-state index in [-0.39, 0.29) is 18.2 Å². The minimum Gasteiger partial charge on any atom is -0.357 e. The summed E-state index contributed by atoms with van der Waals surface area (Å²) < 4.78 is 0.948. The Morgan fingerprint density at radius 3 is 2.44 bits per heavy atom. The van der Waals surface area contributed by atoms with Crippen molar-refractivity contribution in [3.8, 4) is 0 Å². The van der Waals surface area contributed by atoms with E-state index >= 15 is 0 Å². The SMILES string of the molecule is CNC(=O)[C@@H](C)N(Cc1cccc(Br)c1)C(=O)Cc1cccc(C)c1. The van der Waals surface area contributed by atoms with Gasteiger partial charge in [0.15, 0.2) is 0 Å². The lowest BCUT2D eigenvalue weighted by molar-refractivity contribution is -0.139. The Bertz CT molecular complexity index is 761. The Morgan fingerprint density at radius 1 is 1.12 bits per heavy atom. The summed E-state index contributed by atoms with van der Waals surface area (Å²) in [6, 6.07) is 15.1. The molecular weight excluding hydrogens is 380 g/mol. The zero-order chi connectivity index (χ0) is 18.4. The summed E-state index contributed by atoms with van der Waals surface area (Å²) in [5, 5.41) is 2.63. The molecule has 2 aromatic carbocycles. The number of likely N-dealkylation sites (N-methyl/N-ethyl adjacent to an activating group) is 1. The molecule has 0 heterocycles. The summed E-state index contributed by atoms with van der Waals surface area (Å²) in [5.74, 6) is -0.241. The van der Waals surface area contributed by atoms with Crippen molar-refractivity contribution >= 4 is 27.7 Å². The van der Waals surface area contributed by atoms with E-state index in [4.69, 9.17) is 0 Å².